The minimum Gasteiger partial charge on any atom is -0.299 e. The van der Waals surface area contributed by atoms with Crippen LogP contribution in [-0.4, -0.2) is 31.7 Å². The van der Waals surface area contributed by atoms with Crippen LogP contribution in [0, 0.1) is 0 Å². The fourth-order valence-electron chi connectivity index (χ4n) is 0.856. The van der Waals surface area contributed by atoms with Gasteiger partial charge >= 0.3 is 0 Å². The van der Waals surface area contributed by atoms with E-state index in [1.807, 2.05) is 20.8 Å². The van der Waals surface area contributed by atoms with Gasteiger partial charge in [0.05, 0.1) is 11.3 Å². The van der Waals surface area contributed by atoms with Crippen molar-refractivity contribution in [1.29, 1.82) is 0 Å². The molecule has 0 atom stereocenters. The average Bonchev–Trinajstić information content (AvgIpc) is 2.46. The van der Waals surface area contributed by atoms with Crippen LogP contribution in [0.15, 0.2) is 5.16 Å². The van der Waals surface area contributed by atoms with Gasteiger partial charge < -0.3 is 0 Å². The van der Waals surface area contributed by atoms with Gasteiger partial charge in [-0.3, -0.25) is 4.79 Å². The SMILES string of the molecule is CC(=O)CSc1nnnn1C(C)(C)C. The summed E-state index contributed by atoms with van der Waals surface area (Å²) >= 11 is 1.37. The molecule has 78 valence electrons. The maximum Gasteiger partial charge on any atom is 0.210 e. The predicted molar refractivity (Wildman–Crippen MR) is 54.2 cm³/mol. The van der Waals surface area contributed by atoms with E-state index in [1.165, 1.54) is 11.8 Å². The molecule has 0 aromatic carbocycles. The molecule has 0 N–H and O–H groups in total. The third kappa shape index (κ3) is 2.80. The second kappa shape index (κ2) is 4.08. The summed E-state index contributed by atoms with van der Waals surface area (Å²) in [6.07, 6.45) is 0. The molecule has 0 aliphatic carbocycles. The first kappa shape index (κ1) is 11.2. The van der Waals surface area contributed by atoms with Crippen LogP contribution >= 0.6 is 11.8 Å². The Morgan fingerprint density at radius 3 is 2.64 bits per heavy atom. The molecule has 0 saturated heterocycles. The summed E-state index contributed by atoms with van der Waals surface area (Å²) in [4.78, 5) is 10.8. The molecule has 0 radical (unpaired) electrons. The minimum absolute atomic E-state index is 0.124. The van der Waals surface area contributed by atoms with Crippen molar-refractivity contribution in [3.63, 3.8) is 0 Å². The van der Waals surface area contributed by atoms with Crippen molar-refractivity contribution in [3.05, 3.63) is 0 Å². The highest BCUT2D eigenvalue weighted by atomic mass is 32.2. The maximum atomic E-state index is 10.8. The van der Waals surface area contributed by atoms with Crippen LogP contribution in [0.25, 0.3) is 0 Å². The molecule has 0 bridgehead atoms. The minimum atomic E-state index is -0.150. The van der Waals surface area contributed by atoms with E-state index in [4.69, 9.17) is 0 Å². The molecule has 0 fully saturated rings. The number of hydrogen-bond donors (Lipinski definition) is 0. The standard InChI is InChI=1S/C8H14N4OS/c1-6(13)5-14-7-9-10-11-12(7)8(2,3)4/h5H2,1-4H3. The Hall–Kier alpha value is -0.910. The molecule has 5 nitrogen and oxygen atoms in total. The van der Waals surface area contributed by atoms with Crippen molar-refractivity contribution in [2.75, 3.05) is 5.75 Å². The topological polar surface area (TPSA) is 60.7 Å². The lowest BCUT2D eigenvalue weighted by atomic mass is 10.1. The van der Waals surface area contributed by atoms with Crippen molar-refractivity contribution >= 4 is 17.5 Å². The molecule has 0 saturated carbocycles. The molecule has 0 spiro atoms. The van der Waals surface area contributed by atoms with Crippen LogP contribution in [0.1, 0.15) is 27.7 Å². The van der Waals surface area contributed by atoms with E-state index >= 15 is 0 Å². The van der Waals surface area contributed by atoms with E-state index in [0.29, 0.717) is 10.9 Å². The lowest BCUT2D eigenvalue weighted by Crippen LogP contribution is -2.24. The first-order chi connectivity index (χ1) is 6.41. The highest BCUT2D eigenvalue weighted by Crippen LogP contribution is 2.20. The van der Waals surface area contributed by atoms with Gasteiger partial charge in [0.15, 0.2) is 0 Å². The summed E-state index contributed by atoms with van der Waals surface area (Å²) in [5, 5.41) is 12.0. The molecule has 1 rings (SSSR count). The van der Waals surface area contributed by atoms with E-state index in [2.05, 4.69) is 15.5 Å². The lowest BCUT2D eigenvalue weighted by molar-refractivity contribution is -0.114. The molecule has 1 aromatic heterocycles. The van der Waals surface area contributed by atoms with Crippen LogP contribution in [0.4, 0.5) is 0 Å². The fraction of sp³-hybridized carbons (Fsp3) is 0.750. The number of carbonyl (C=O) groups is 1. The summed E-state index contributed by atoms with van der Waals surface area (Å²) in [6, 6.07) is 0. The van der Waals surface area contributed by atoms with Crippen molar-refractivity contribution in [2.45, 2.75) is 38.4 Å². The molecule has 14 heavy (non-hydrogen) atoms. The number of tetrazole rings is 1. The Kier molecular flexibility index (Phi) is 3.25. The van der Waals surface area contributed by atoms with E-state index in [1.54, 1.807) is 11.6 Å². The molecule has 0 unspecified atom stereocenters. The van der Waals surface area contributed by atoms with Crippen molar-refractivity contribution in [2.24, 2.45) is 0 Å². The van der Waals surface area contributed by atoms with Gasteiger partial charge in [0.2, 0.25) is 5.16 Å². The molecular weight excluding hydrogens is 200 g/mol. The predicted octanol–water partition coefficient (Wildman–Crippen LogP) is 1.11. The van der Waals surface area contributed by atoms with Crippen LogP contribution < -0.4 is 0 Å². The van der Waals surface area contributed by atoms with Gasteiger partial charge in [0.1, 0.15) is 5.78 Å². The van der Waals surface area contributed by atoms with Gasteiger partial charge in [0.25, 0.3) is 0 Å². The fourth-order valence-corrected chi connectivity index (χ4v) is 1.72. The molecular formula is C8H14N4OS. The average molecular weight is 214 g/mol. The largest absolute Gasteiger partial charge is 0.299 e. The Morgan fingerprint density at radius 2 is 2.14 bits per heavy atom. The van der Waals surface area contributed by atoms with Crippen LogP contribution in [0.3, 0.4) is 0 Å². The summed E-state index contributed by atoms with van der Waals surface area (Å²) in [7, 11) is 0. The molecule has 0 aliphatic rings. The Morgan fingerprint density at radius 1 is 1.50 bits per heavy atom. The van der Waals surface area contributed by atoms with Crippen LogP contribution in [0.2, 0.25) is 0 Å². The first-order valence-corrected chi connectivity index (χ1v) is 5.31. The zero-order valence-corrected chi connectivity index (χ0v) is 9.63. The summed E-state index contributed by atoms with van der Waals surface area (Å²) in [5.41, 5.74) is -0.150. The summed E-state index contributed by atoms with van der Waals surface area (Å²) < 4.78 is 1.72. The van der Waals surface area contributed by atoms with Crippen molar-refractivity contribution in [3.8, 4) is 0 Å². The first-order valence-electron chi connectivity index (χ1n) is 4.32. The van der Waals surface area contributed by atoms with Gasteiger partial charge in [0, 0.05) is 0 Å². The molecule has 0 amide bonds. The highest BCUT2D eigenvalue weighted by Gasteiger charge is 2.19. The van der Waals surface area contributed by atoms with Gasteiger partial charge in [-0.25, -0.2) is 4.68 Å². The summed E-state index contributed by atoms with van der Waals surface area (Å²) in [5.74, 6) is 0.537. The van der Waals surface area contributed by atoms with Gasteiger partial charge in [-0.2, -0.15) is 0 Å². The Bertz CT molecular complexity index is 328. The van der Waals surface area contributed by atoms with Crippen LogP contribution in [-0.2, 0) is 10.3 Å². The Labute approximate surface area is 87.3 Å². The number of Topliss-reactive ketones (excluding diaryl/α,β-unsaturated/α-hetero) is 1. The number of ketones is 1. The third-order valence-corrected chi connectivity index (χ3v) is 2.54. The van der Waals surface area contributed by atoms with E-state index < -0.39 is 0 Å². The van der Waals surface area contributed by atoms with Gasteiger partial charge in [-0.1, -0.05) is 11.8 Å². The molecule has 6 heteroatoms. The molecule has 0 aliphatic heterocycles. The second-order valence-corrected chi connectivity index (χ2v) is 4.98. The highest BCUT2D eigenvalue weighted by molar-refractivity contribution is 7.99. The van der Waals surface area contributed by atoms with Crippen molar-refractivity contribution in [1.82, 2.24) is 20.2 Å². The van der Waals surface area contributed by atoms with Gasteiger partial charge in [-0.05, 0) is 38.1 Å². The number of hydrogen-bond acceptors (Lipinski definition) is 5. The monoisotopic (exact) mass is 214 g/mol. The number of carbonyl (C=O) groups excluding carboxylic acids is 1. The zero-order chi connectivity index (χ0) is 10.8. The van der Waals surface area contributed by atoms with Crippen LogP contribution in [0.5, 0.6) is 0 Å². The van der Waals surface area contributed by atoms with Gasteiger partial charge in [-0.15, -0.1) is 5.10 Å². The number of thioether (sulfide) groups is 1. The number of aromatic nitrogens is 4. The molecule has 1 heterocycles. The Balaban J connectivity index is 2.78. The number of nitrogens with zero attached hydrogens (tertiary/aromatic N) is 4. The normalized spacial score (nSPS) is 11.7. The van der Waals surface area contributed by atoms with E-state index in [0.717, 1.165) is 0 Å². The maximum absolute atomic E-state index is 10.8. The molecule has 1 aromatic rings. The summed E-state index contributed by atoms with van der Waals surface area (Å²) in [6.45, 7) is 7.60. The number of rotatable bonds is 3. The van der Waals surface area contributed by atoms with E-state index in [-0.39, 0.29) is 11.3 Å². The smallest absolute Gasteiger partial charge is 0.210 e. The van der Waals surface area contributed by atoms with Crippen molar-refractivity contribution < 1.29 is 4.79 Å². The lowest BCUT2D eigenvalue weighted by Gasteiger charge is -2.19. The third-order valence-electron chi connectivity index (χ3n) is 1.48. The zero-order valence-electron chi connectivity index (χ0n) is 8.81. The second-order valence-electron chi connectivity index (χ2n) is 4.03. The van der Waals surface area contributed by atoms with E-state index in [9.17, 15) is 4.79 Å². The quantitative estimate of drug-likeness (QED) is 0.705.